The molecule has 2 aromatic carbocycles. The third kappa shape index (κ3) is 6.08. The van der Waals surface area contributed by atoms with Crippen LogP contribution in [0.25, 0.3) is 21.9 Å². The Balaban J connectivity index is 1.71. The third-order valence-electron chi connectivity index (χ3n) is 5.63. The number of imidazole rings is 1. The van der Waals surface area contributed by atoms with Gasteiger partial charge in [-0.2, -0.15) is 5.09 Å². The summed E-state index contributed by atoms with van der Waals surface area (Å²) in [5.74, 6) is 0.544. The van der Waals surface area contributed by atoms with E-state index in [0.717, 1.165) is 16.4 Å². The van der Waals surface area contributed by atoms with E-state index in [2.05, 4.69) is 10.1 Å². The number of hydrogen-bond donors (Lipinski definition) is 3. The molecule has 4 aromatic rings. The van der Waals surface area contributed by atoms with E-state index < -0.39 is 25.8 Å². The molecule has 5 N–H and O–H groups in total. The van der Waals surface area contributed by atoms with Crippen molar-refractivity contribution in [2.45, 2.75) is 46.1 Å². The Labute approximate surface area is 214 Å². The Kier molecular flexibility index (Phi) is 8.09. The van der Waals surface area contributed by atoms with Gasteiger partial charge in [0, 0.05) is 12.0 Å². The van der Waals surface area contributed by atoms with Crippen molar-refractivity contribution in [2.24, 2.45) is 5.73 Å². The second-order valence-electron chi connectivity index (χ2n) is 8.56. The summed E-state index contributed by atoms with van der Waals surface area (Å²) in [5.41, 5.74) is 13.7. The summed E-state index contributed by atoms with van der Waals surface area (Å²) < 4.78 is 33.0. The molecule has 0 saturated heterocycles. The fourth-order valence-corrected chi connectivity index (χ4v) is 5.63. The maximum atomic E-state index is 13.8. The summed E-state index contributed by atoms with van der Waals surface area (Å²) in [5, 5.41) is 3.49. The average molecular weight is 527 g/mol. The van der Waals surface area contributed by atoms with Gasteiger partial charge in [-0.3, -0.25) is 9.32 Å². The summed E-state index contributed by atoms with van der Waals surface area (Å²) in [4.78, 5) is 20.9. The van der Waals surface area contributed by atoms with Crippen molar-refractivity contribution in [1.29, 1.82) is 0 Å². The zero-order chi connectivity index (χ0) is 26.6. The molecule has 1 amide bonds. The molecule has 0 radical (unpaired) electrons. The smallest absolute Gasteiger partial charge is 0.413 e. The van der Waals surface area contributed by atoms with Crippen LogP contribution in [0.5, 0.6) is 5.75 Å². The summed E-state index contributed by atoms with van der Waals surface area (Å²) in [6.07, 6.45) is -0.659. The molecular weight excluding hydrogens is 495 g/mol. The number of nitrogen functional groups attached to an aromatic ring is 1. The lowest BCUT2D eigenvalue weighted by atomic mass is 10.2. The zero-order valence-electron chi connectivity index (χ0n) is 21.0. The van der Waals surface area contributed by atoms with Gasteiger partial charge in [-0.15, -0.1) is 0 Å². The fourth-order valence-electron chi connectivity index (χ4n) is 3.93. The Morgan fingerprint density at radius 1 is 1.11 bits per heavy atom. The van der Waals surface area contributed by atoms with Crippen molar-refractivity contribution in [2.75, 3.05) is 12.3 Å². The molecule has 0 spiro atoms. The first-order chi connectivity index (χ1) is 17.7. The van der Waals surface area contributed by atoms with E-state index in [1.165, 1.54) is 6.92 Å². The summed E-state index contributed by atoms with van der Waals surface area (Å²) in [6, 6.07) is 15.2. The van der Waals surface area contributed by atoms with Gasteiger partial charge < -0.3 is 25.3 Å². The van der Waals surface area contributed by atoms with Crippen molar-refractivity contribution >= 4 is 41.4 Å². The fraction of sp³-hybridized carbons (Fsp3) is 0.320. The SMILES string of the molecule is CCOCc1nc2c(N)nc3ccccc3c2n1C[C@H](C)O[P@@](=O)(N[C@@H](C)C(N)=O)Oc1ccccc1. The van der Waals surface area contributed by atoms with Crippen molar-refractivity contribution in [3.05, 3.63) is 60.4 Å². The van der Waals surface area contributed by atoms with E-state index in [0.29, 0.717) is 29.5 Å². The number of pyridine rings is 1. The molecule has 0 aliphatic carbocycles. The van der Waals surface area contributed by atoms with Crippen LogP contribution in [0.2, 0.25) is 0 Å². The molecule has 2 aromatic heterocycles. The maximum Gasteiger partial charge on any atom is 0.459 e. The van der Waals surface area contributed by atoms with Crippen LogP contribution >= 0.6 is 7.75 Å². The second-order valence-corrected chi connectivity index (χ2v) is 10.2. The van der Waals surface area contributed by atoms with Gasteiger partial charge in [0.2, 0.25) is 5.91 Å². The lowest BCUT2D eigenvalue weighted by Crippen LogP contribution is -2.39. The molecular formula is C25H31N6O5P. The number of nitrogens with zero attached hydrogens (tertiary/aromatic N) is 3. The molecule has 11 nitrogen and oxygen atoms in total. The number of amides is 1. The van der Waals surface area contributed by atoms with Crippen LogP contribution in [0.3, 0.4) is 0 Å². The Morgan fingerprint density at radius 3 is 2.51 bits per heavy atom. The van der Waals surface area contributed by atoms with Gasteiger partial charge in [0.15, 0.2) is 5.82 Å². The maximum absolute atomic E-state index is 13.8. The molecule has 0 bridgehead atoms. The quantitative estimate of drug-likeness (QED) is 0.234. The molecule has 0 aliphatic heterocycles. The standard InChI is InChI=1S/C25H31N6O5P/c1-4-34-15-21-29-22-23(19-12-8-9-13-20(19)28-24(22)26)31(21)14-16(2)35-37(33,30-17(3)25(27)32)36-18-10-6-5-7-11-18/h5-13,16-17H,4,14-15H2,1-3H3,(H2,26,28)(H2,27,32)(H,30,33)/t16-,17-,37-/m0/s1. The van der Waals surface area contributed by atoms with Crippen LogP contribution in [0.4, 0.5) is 5.82 Å². The topological polar surface area (TPSA) is 157 Å². The van der Waals surface area contributed by atoms with Crippen molar-refractivity contribution < 1.29 is 23.1 Å². The third-order valence-corrected chi connectivity index (χ3v) is 7.42. The zero-order valence-corrected chi connectivity index (χ0v) is 21.9. The number of primary amides is 1. The first-order valence-electron chi connectivity index (χ1n) is 11.9. The van der Waals surface area contributed by atoms with Gasteiger partial charge in [0.05, 0.1) is 29.7 Å². The summed E-state index contributed by atoms with van der Waals surface area (Å²) in [6.45, 7) is 6.11. The first kappa shape index (κ1) is 26.6. The number of carbonyl (C=O) groups excluding carboxylic acids is 1. The van der Waals surface area contributed by atoms with Gasteiger partial charge in [0.1, 0.15) is 23.7 Å². The highest BCUT2D eigenvalue weighted by Crippen LogP contribution is 2.46. The van der Waals surface area contributed by atoms with Crippen LogP contribution < -0.4 is 21.1 Å². The predicted octanol–water partition coefficient (Wildman–Crippen LogP) is 3.76. The number of carbonyl (C=O) groups is 1. The second kappa shape index (κ2) is 11.3. The van der Waals surface area contributed by atoms with Crippen LogP contribution in [-0.4, -0.2) is 39.2 Å². The predicted molar refractivity (Wildman–Crippen MR) is 142 cm³/mol. The number of nitrogens with two attached hydrogens (primary N) is 2. The molecule has 2 heterocycles. The van der Waals surface area contributed by atoms with E-state index in [4.69, 9.17) is 30.2 Å². The number of rotatable bonds is 12. The summed E-state index contributed by atoms with van der Waals surface area (Å²) >= 11 is 0. The molecule has 37 heavy (non-hydrogen) atoms. The summed E-state index contributed by atoms with van der Waals surface area (Å²) in [7, 11) is -4.03. The highest BCUT2D eigenvalue weighted by molar-refractivity contribution is 7.52. The van der Waals surface area contributed by atoms with Crippen LogP contribution in [0.1, 0.15) is 26.6 Å². The van der Waals surface area contributed by atoms with Gasteiger partial charge in [0.25, 0.3) is 0 Å². The monoisotopic (exact) mass is 526 g/mol. The molecule has 0 aliphatic rings. The van der Waals surface area contributed by atoms with Crippen molar-refractivity contribution in [1.82, 2.24) is 19.6 Å². The largest absolute Gasteiger partial charge is 0.459 e. The molecule has 4 rings (SSSR count). The lowest BCUT2D eigenvalue weighted by molar-refractivity contribution is -0.119. The molecule has 0 fully saturated rings. The van der Waals surface area contributed by atoms with Gasteiger partial charge >= 0.3 is 7.75 Å². The number of fused-ring (bicyclic) bond motifs is 3. The normalized spacial score (nSPS) is 14.9. The highest BCUT2D eigenvalue weighted by Gasteiger charge is 2.33. The minimum atomic E-state index is -4.03. The van der Waals surface area contributed by atoms with E-state index in [-0.39, 0.29) is 13.2 Å². The van der Waals surface area contributed by atoms with Gasteiger partial charge in [-0.1, -0.05) is 36.4 Å². The Bertz CT molecular complexity index is 1440. The molecule has 12 heteroatoms. The number of para-hydroxylation sites is 2. The van der Waals surface area contributed by atoms with E-state index in [1.807, 2.05) is 35.8 Å². The number of benzene rings is 2. The average Bonchev–Trinajstić information content (AvgIpc) is 3.21. The number of nitrogens with one attached hydrogen (secondary N) is 1. The number of hydrogen-bond acceptors (Lipinski definition) is 8. The van der Waals surface area contributed by atoms with Gasteiger partial charge in [-0.25, -0.2) is 14.5 Å². The van der Waals surface area contributed by atoms with E-state index >= 15 is 0 Å². The Hall–Kier alpha value is -3.50. The minimum absolute atomic E-state index is 0.237. The van der Waals surface area contributed by atoms with Crippen LogP contribution in [0.15, 0.2) is 54.6 Å². The van der Waals surface area contributed by atoms with Crippen LogP contribution in [0, 0.1) is 0 Å². The lowest BCUT2D eigenvalue weighted by Gasteiger charge is -2.26. The van der Waals surface area contributed by atoms with Gasteiger partial charge in [-0.05, 0) is 39.0 Å². The highest BCUT2D eigenvalue weighted by atomic mass is 31.2. The molecule has 0 saturated carbocycles. The van der Waals surface area contributed by atoms with Crippen molar-refractivity contribution in [3.8, 4) is 5.75 Å². The first-order valence-corrected chi connectivity index (χ1v) is 13.5. The van der Waals surface area contributed by atoms with E-state index in [1.54, 1.807) is 37.3 Å². The van der Waals surface area contributed by atoms with E-state index in [9.17, 15) is 9.36 Å². The molecule has 196 valence electrons. The number of anilines is 1. The number of aromatic nitrogens is 3. The Morgan fingerprint density at radius 2 is 1.81 bits per heavy atom. The number of ether oxygens (including phenoxy) is 1. The molecule has 0 unspecified atom stereocenters. The van der Waals surface area contributed by atoms with Crippen molar-refractivity contribution in [3.63, 3.8) is 0 Å². The minimum Gasteiger partial charge on any atom is -0.413 e. The molecule has 3 atom stereocenters. The van der Waals surface area contributed by atoms with Crippen LogP contribution in [-0.2, 0) is 31.8 Å².